The van der Waals surface area contributed by atoms with Gasteiger partial charge >= 0.3 is 0 Å². The van der Waals surface area contributed by atoms with Crippen LogP contribution in [0.15, 0.2) is 47.4 Å². The Morgan fingerprint density at radius 1 is 1.06 bits per heavy atom. The van der Waals surface area contributed by atoms with E-state index >= 15 is 0 Å². The fraction of sp³-hybridized carbons (Fsp3) is 0.560. The summed E-state index contributed by atoms with van der Waals surface area (Å²) in [7, 11) is -5.48. The Hall–Kier alpha value is -1.94. The smallest absolute Gasteiger partial charge is 0.248 e. The Morgan fingerprint density at radius 2 is 1.76 bits per heavy atom. The number of sulfonamides is 1. The summed E-state index contributed by atoms with van der Waals surface area (Å²) in [5.74, 6) is 0.897. The third kappa shape index (κ3) is 5.32. The summed E-state index contributed by atoms with van der Waals surface area (Å²) in [4.78, 5) is 7.02. The number of benzene rings is 1. The van der Waals surface area contributed by atoms with Crippen molar-refractivity contribution in [3.05, 3.63) is 48.0 Å². The van der Waals surface area contributed by atoms with E-state index in [0.717, 1.165) is 37.3 Å². The first kappa shape index (κ1) is 25.2. The van der Waals surface area contributed by atoms with Crippen LogP contribution in [0, 0.1) is 0 Å². The summed E-state index contributed by atoms with van der Waals surface area (Å²) in [5.41, 5.74) is 0.964. The van der Waals surface area contributed by atoms with Gasteiger partial charge in [0, 0.05) is 26.2 Å². The molecular formula is C25H37N3O4SSi. The molecule has 186 valence electrons. The lowest BCUT2D eigenvalue weighted by atomic mass is 10.2. The number of rotatable bonds is 8. The largest absolute Gasteiger partial charge is 0.472 e. The van der Waals surface area contributed by atoms with Crippen LogP contribution >= 0.6 is 0 Å². The van der Waals surface area contributed by atoms with Crippen LogP contribution in [0.4, 0.5) is 5.82 Å². The van der Waals surface area contributed by atoms with Gasteiger partial charge in [-0.2, -0.15) is 9.29 Å². The van der Waals surface area contributed by atoms with Crippen LogP contribution in [0.1, 0.15) is 39.2 Å². The average Bonchev–Trinajstić information content (AvgIpc) is 3.18. The zero-order valence-corrected chi connectivity index (χ0v) is 22.8. The van der Waals surface area contributed by atoms with Gasteiger partial charge in [0.25, 0.3) is 0 Å². The van der Waals surface area contributed by atoms with Gasteiger partial charge in [-0.1, -0.05) is 51.1 Å². The fourth-order valence-electron chi connectivity index (χ4n) is 3.91. The number of hydrogen-bond donors (Lipinski definition) is 0. The van der Waals surface area contributed by atoms with Gasteiger partial charge in [-0.3, -0.25) is 0 Å². The molecule has 2 aliphatic rings. The summed E-state index contributed by atoms with van der Waals surface area (Å²) >= 11 is 0. The maximum absolute atomic E-state index is 13.2. The van der Waals surface area contributed by atoms with Gasteiger partial charge in [0.05, 0.1) is 6.10 Å². The Bertz CT molecular complexity index is 1100. The third-order valence-electron chi connectivity index (χ3n) is 7.20. The monoisotopic (exact) mass is 503 g/mol. The van der Waals surface area contributed by atoms with Crippen molar-refractivity contribution in [3.8, 4) is 5.88 Å². The summed E-state index contributed by atoms with van der Waals surface area (Å²) < 4.78 is 40.4. The van der Waals surface area contributed by atoms with Gasteiger partial charge < -0.3 is 14.1 Å². The SMILES string of the molecule is CC(C)(C)[Si](C)(C)OC1CCN(c2ccc(S(=O)(=O)N3CCC3)c(OCc3ccccc3)n2)C1. The van der Waals surface area contributed by atoms with Crippen LogP contribution in [0.3, 0.4) is 0 Å². The average molecular weight is 504 g/mol. The molecule has 2 fully saturated rings. The highest BCUT2D eigenvalue weighted by Crippen LogP contribution is 2.39. The van der Waals surface area contributed by atoms with Crippen LogP contribution in [0.5, 0.6) is 5.88 Å². The number of aromatic nitrogens is 1. The standard InChI is InChI=1S/C25H37N3O4SSi/c1-25(2,3)34(4,5)32-21-14-17-27(18-21)23-13-12-22(33(29,30)28-15-9-16-28)24(26-23)31-19-20-10-7-6-8-11-20/h6-8,10-13,21H,9,14-19H2,1-5H3. The molecular weight excluding hydrogens is 466 g/mol. The molecule has 9 heteroatoms. The molecule has 0 amide bonds. The summed E-state index contributed by atoms with van der Waals surface area (Å²) in [5, 5.41) is 0.157. The van der Waals surface area contributed by atoms with Crippen molar-refractivity contribution < 1.29 is 17.6 Å². The van der Waals surface area contributed by atoms with E-state index < -0.39 is 18.3 Å². The normalized spacial score (nSPS) is 19.8. The summed E-state index contributed by atoms with van der Waals surface area (Å²) in [6.07, 6.45) is 1.97. The molecule has 0 aliphatic carbocycles. The summed E-state index contributed by atoms with van der Waals surface area (Å²) in [6, 6.07) is 13.2. The zero-order valence-electron chi connectivity index (χ0n) is 21.0. The molecule has 0 radical (unpaired) electrons. The highest BCUT2D eigenvalue weighted by molar-refractivity contribution is 7.89. The van der Waals surface area contributed by atoms with E-state index in [4.69, 9.17) is 14.1 Å². The van der Waals surface area contributed by atoms with E-state index in [1.165, 1.54) is 4.31 Å². The van der Waals surface area contributed by atoms with Crippen molar-refractivity contribution in [1.29, 1.82) is 0 Å². The highest BCUT2D eigenvalue weighted by atomic mass is 32.2. The molecule has 2 aromatic rings. The minimum atomic E-state index is -3.62. The Balaban J connectivity index is 1.55. The Kier molecular flexibility index (Phi) is 7.10. The Labute approximate surface area is 205 Å². The molecule has 7 nitrogen and oxygen atoms in total. The minimum Gasteiger partial charge on any atom is -0.472 e. The van der Waals surface area contributed by atoms with Gasteiger partial charge in [0.2, 0.25) is 15.9 Å². The van der Waals surface area contributed by atoms with E-state index in [9.17, 15) is 8.42 Å². The lowest BCUT2D eigenvalue weighted by molar-refractivity contribution is 0.202. The second-order valence-corrected chi connectivity index (χ2v) is 17.4. The van der Waals surface area contributed by atoms with E-state index in [2.05, 4.69) is 38.8 Å². The lowest BCUT2D eigenvalue weighted by Gasteiger charge is -2.38. The van der Waals surface area contributed by atoms with E-state index in [0.29, 0.717) is 13.1 Å². The predicted octanol–water partition coefficient (Wildman–Crippen LogP) is 4.66. The van der Waals surface area contributed by atoms with Crippen molar-refractivity contribution in [2.45, 2.75) is 69.4 Å². The number of ether oxygens (including phenoxy) is 1. The predicted molar refractivity (Wildman–Crippen MR) is 137 cm³/mol. The van der Waals surface area contributed by atoms with Crippen molar-refractivity contribution in [3.63, 3.8) is 0 Å². The molecule has 2 saturated heterocycles. The summed E-state index contributed by atoms with van der Waals surface area (Å²) in [6.45, 7) is 14.2. The maximum atomic E-state index is 13.2. The van der Waals surface area contributed by atoms with Crippen molar-refractivity contribution >= 4 is 24.2 Å². The van der Waals surface area contributed by atoms with Gasteiger partial charge in [-0.25, -0.2) is 8.42 Å². The molecule has 0 N–H and O–H groups in total. The Morgan fingerprint density at radius 3 is 2.38 bits per heavy atom. The second kappa shape index (κ2) is 9.60. The highest BCUT2D eigenvalue weighted by Gasteiger charge is 2.41. The van der Waals surface area contributed by atoms with Crippen LogP contribution < -0.4 is 9.64 Å². The van der Waals surface area contributed by atoms with Crippen LogP contribution in [-0.4, -0.2) is 58.3 Å². The van der Waals surface area contributed by atoms with Gasteiger partial charge in [0.15, 0.2) is 8.32 Å². The molecule has 0 bridgehead atoms. The molecule has 4 rings (SSSR count). The van der Waals surface area contributed by atoms with Crippen molar-refractivity contribution in [2.75, 3.05) is 31.1 Å². The molecule has 1 aromatic heterocycles. The van der Waals surface area contributed by atoms with E-state index in [-0.39, 0.29) is 28.5 Å². The van der Waals surface area contributed by atoms with E-state index in [1.807, 2.05) is 30.3 Å². The topological polar surface area (TPSA) is 72.0 Å². The van der Waals surface area contributed by atoms with Crippen molar-refractivity contribution in [2.24, 2.45) is 0 Å². The molecule has 2 aliphatic heterocycles. The molecule has 0 spiro atoms. The molecule has 0 saturated carbocycles. The minimum absolute atomic E-state index is 0.139. The third-order valence-corrected chi connectivity index (χ3v) is 13.6. The molecule has 1 aromatic carbocycles. The second-order valence-electron chi connectivity index (χ2n) is 10.7. The van der Waals surface area contributed by atoms with Crippen LogP contribution in [-0.2, 0) is 21.1 Å². The first-order valence-corrected chi connectivity index (χ1v) is 16.4. The van der Waals surface area contributed by atoms with Gasteiger partial charge in [-0.15, -0.1) is 0 Å². The van der Waals surface area contributed by atoms with Crippen LogP contribution in [0.25, 0.3) is 0 Å². The maximum Gasteiger partial charge on any atom is 0.248 e. The van der Waals surface area contributed by atoms with Gasteiger partial charge in [0.1, 0.15) is 17.3 Å². The molecule has 3 heterocycles. The number of nitrogens with zero attached hydrogens (tertiary/aromatic N) is 3. The first-order valence-electron chi connectivity index (χ1n) is 12.1. The number of hydrogen-bond acceptors (Lipinski definition) is 6. The van der Waals surface area contributed by atoms with Gasteiger partial charge in [-0.05, 0) is 48.7 Å². The lowest BCUT2D eigenvalue weighted by Crippen LogP contribution is -2.44. The zero-order chi connectivity index (χ0) is 24.6. The number of anilines is 1. The first-order chi connectivity index (χ1) is 16.0. The molecule has 1 unspecified atom stereocenters. The van der Waals surface area contributed by atoms with E-state index in [1.54, 1.807) is 12.1 Å². The quantitative estimate of drug-likeness (QED) is 0.488. The molecule has 1 atom stereocenters. The van der Waals surface area contributed by atoms with Crippen LogP contribution in [0.2, 0.25) is 18.1 Å². The fourth-order valence-corrected chi connectivity index (χ4v) is 6.87. The molecule has 34 heavy (non-hydrogen) atoms. The number of pyridine rings is 1. The van der Waals surface area contributed by atoms with Crippen molar-refractivity contribution in [1.82, 2.24) is 9.29 Å².